The largest absolute Gasteiger partial charge is 0.386 e. The summed E-state index contributed by atoms with van der Waals surface area (Å²) in [6.07, 6.45) is -0.655. The van der Waals surface area contributed by atoms with Crippen molar-refractivity contribution in [2.24, 2.45) is 10.7 Å². The maximum absolute atomic E-state index is 10.2. The van der Waals surface area contributed by atoms with Crippen LogP contribution in [0.15, 0.2) is 53.5 Å². The highest BCUT2D eigenvalue weighted by Gasteiger charge is 2.07. The number of hydrogen-bond donors (Lipinski definition) is 3. The molecule has 122 valence electrons. The second kappa shape index (κ2) is 7.79. The van der Waals surface area contributed by atoms with E-state index in [1.807, 2.05) is 43.3 Å². The van der Waals surface area contributed by atoms with Gasteiger partial charge in [0.2, 0.25) is 0 Å². The second-order valence-corrected chi connectivity index (χ2v) is 6.06. The van der Waals surface area contributed by atoms with E-state index >= 15 is 0 Å². The molecule has 2 rings (SSSR count). The number of anilines is 1. The Balaban J connectivity index is 1.97. The molecule has 0 fully saturated rings. The summed E-state index contributed by atoms with van der Waals surface area (Å²) in [5, 5.41) is 13.2. The fourth-order valence-electron chi connectivity index (χ4n) is 2.24. The first-order chi connectivity index (χ1) is 11.0. The molecule has 0 aliphatic rings. The zero-order chi connectivity index (χ0) is 16.8. The molecule has 4 nitrogen and oxygen atoms in total. The smallest absolute Gasteiger partial charge is 0.193 e. The molecule has 0 heterocycles. The number of nitrogens with one attached hydrogen (secondary N) is 1. The number of aryl methyl sites for hydroxylation is 1. The summed E-state index contributed by atoms with van der Waals surface area (Å²) >= 11 is 0. The standard InChI is InChI=1S/C19H25N3O/c1-13(2)16-5-4-6-17(11-16)22-19(20)21-12-18(23)15-9-7-14(3)8-10-15/h4-11,13,18,23H,12H2,1-3H3,(H3,20,21,22). The first-order valence-corrected chi connectivity index (χ1v) is 7.87. The van der Waals surface area contributed by atoms with Gasteiger partial charge in [0, 0.05) is 5.69 Å². The van der Waals surface area contributed by atoms with Gasteiger partial charge in [-0.1, -0.05) is 55.8 Å². The van der Waals surface area contributed by atoms with Crippen molar-refractivity contribution in [2.75, 3.05) is 11.9 Å². The van der Waals surface area contributed by atoms with E-state index in [-0.39, 0.29) is 6.54 Å². The maximum atomic E-state index is 10.2. The predicted octanol–water partition coefficient (Wildman–Crippen LogP) is 3.58. The van der Waals surface area contributed by atoms with E-state index in [4.69, 9.17) is 5.73 Å². The Morgan fingerprint density at radius 3 is 2.48 bits per heavy atom. The van der Waals surface area contributed by atoms with E-state index in [1.54, 1.807) is 0 Å². The average molecular weight is 311 g/mol. The zero-order valence-corrected chi connectivity index (χ0v) is 14.0. The van der Waals surface area contributed by atoms with E-state index in [0.29, 0.717) is 11.9 Å². The topological polar surface area (TPSA) is 70.6 Å². The highest BCUT2D eigenvalue weighted by Crippen LogP contribution is 2.18. The minimum atomic E-state index is -0.655. The quantitative estimate of drug-likeness (QED) is 0.584. The van der Waals surface area contributed by atoms with Gasteiger partial charge >= 0.3 is 0 Å². The van der Waals surface area contributed by atoms with Gasteiger partial charge in [0.1, 0.15) is 0 Å². The van der Waals surface area contributed by atoms with Crippen molar-refractivity contribution >= 4 is 11.6 Å². The number of aliphatic hydroxyl groups is 1. The zero-order valence-electron chi connectivity index (χ0n) is 14.0. The summed E-state index contributed by atoms with van der Waals surface area (Å²) in [6, 6.07) is 15.9. The molecule has 4 N–H and O–H groups in total. The fraction of sp³-hybridized carbons (Fsp3) is 0.316. The van der Waals surface area contributed by atoms with Crippen LogP contribution >= 0.6 is 0 Å². The molecule has 1 unspecified atom stereocenters. The molecule has 0 aliphatic carbocycles. The van der Waals surface area contributed by atoms with Crippen LogP contribution in [0.1, 0.15) is 42.6 Å². The summed E-state index contributed by atoms with van der Waals surface area (Å²) in [7, 11) is 0. The lowest BCUT2D eigenvalue weighted by atomic mass is 10.0. The molecule has 0 aromatic heterocycles. The van der Waals surface area contributed by atoms with Crippen molar-refractivity contribution in [3.8, 4) is 0 Å². The van der Waals surface area contributed by atoms with Crippen LogP contribution in [-0.4, -0.2) is 17.6 Å². The lowest BCUT2D eigenvalue weighted by Gasteiger charge is -2.11. The fourth-order valence-corrected chi connectivity index (χ4v) is 2.24. The van der Waals surface area contributed by atoms with Crippen molar-refractivity contribution in [2.45, 2.75) is 32.8 Å². The van der Waals surface area contributed by atoms with Gasteiger partial charge in [0.15, 0.2) is 5.96 Å². The monoisotopic (exact) mass is 311 g/mol. The molecule has 0 saturated carbocycles. The van der Waals surface area contributed by atoms with Crippen LogP contribution < -0.4 is 11.1 Å². The highest BCUT2D eigenvalue weighted by molar-refractivity contribution is 5.92. The van der Waals surface area contributed by atoms with E-state index in [1.165, 1.54) is 5.56 Å². The van der Waals surface area contributed by atoms with Crippen LogP contribution in [0.3, 0.4) is 0 Å². The number of benzene rings is 2. The van der Waals surface area contributed by atoms with Crippen LogP contribution in [0.4, 0.5) is 5.69 Å². The molecular formula is C19H25N3O. The van der Waals surface area contributed by atoms with Crippen LogP contribution in [0.5, 0.6) is 0 Å². The average Bonchev–Trinajstić information content (AvgIpc) is 2.53. The maximum Gasteiger partial charge on any atom is 0.193 e. The van der Waals surface area contributed by atoms with Crippen molar-refractivity contribution in [1.82, 2.24) is 0 Å². The molecule has 0 radical (unpaired) electrons. The van der Waals surface area contributed by atoms with Crippen LogP contribution in [-0.2, 0) is 0 Å². The molecule has 2 aromatic carbocycles. The number of nitrogens with two attached hydrogens (primary N) is 1. The lowest BCUT2D eigenvalue weighted by Crippen LogP contribution is -2.23. The number of rotatable bonds is 5. The van der Waals surface area contributed by atoms with Gasteiger partial charge < -0.3 is 16.2 Å². The third-order valence-electron chi connectivity index (χ3n) is 3.72. The summed E-state index contributed by atoms with van der Waals surface area (Å²) in [5.41, 5.74) is 10.1. The summed E-state index contributed by atoms with van der Waals surface area (Å²) in [4.78, 5) is 4.23. The van der Waals surface area contributed by atoms with E-state index in [9.17, 15) is 5.11 Å². The molecule has 0 aliphatic heterocycles. The minimum Gasteiger partial charge on any atom is -0.386 e. The van der Waals surface area contributed by atoms with Crippen LogP contribution in [0.2, 0.25) is 0 Å². The summed E-state index contributed by atoms with van der Waals surface area (Å²) < 4.78 is 0. The highest BCUT2D eigenvalue weighted by atomic mass is 16.3. The van der Waals surface area contributed by atoms with Gasteiger partial charge in [-0.2, -0.15) is 0 Å². The minimum absolute atomic E-state index is 0.228. The molecule has 0 bridgehead atoms. The van der Waals surface area contributed by atoms with Gasteiger partial charge in [-0.05, 0) is 36.1 Å². The summed E-state index contributed by atoms with van der Waals surface area (Å²) in [6.45, 7) is 6.54. The Kier molecular flexibility index (Phi) is 5.77. The van der Waals surface area contributed by atoms with Crippen molar-refractivity contribution in [1.29, 1.82) is 0 Å². The van der Waals surface area contributed by atoms with Gasteiger partial charge in [-0.15, -0.1) is 0 Å². The van der Waals surface area contributed by atoms with Gasteiger partial charge in [-0.25, -0.2) is 0 Å². The molecule has 23 heavy (non-hydrogen) atoms. The third-order valence-corrected chi connectivity index (χ3v) is 3.72. The van der Waals surface area contributed by atoms with Gasteiger partial charge in [-0.3, -0.25) is 4.99 Å². The predicted molar refractivity (Wildman–Crippen MR) is 96.8 cm³/mol. The number of aliphatic hydroxyl groups excluding tert-OH is 1. The Morgan fingerprint density at radius 1 is 1.13 bits per heavy atom. The molecule has 2 aromatic rings. The van der Waals surface area contributed by atoms with Crippen molar-refractivity contribution < 1.29 is 5.11 Å². The molecule has 4 heteroatoms. The first-order valence-electron chi connectivity index (χ1n) is 7.87. The third kappa shape index (κ3) is 5.11. The molecule has 0 spiro atoms. The van der Waals surface area contributed by atoms with Crippen molar-refractivity contribution in [3.05, 3.63) is 65.2 Å². The van der Waals surface area contributed by atoms with E-state index < -0.39 is 6.10 Å². The van der Waals surface area contributed by atoms with Crippen LogP contribution in [0, 0.1) is 6.92 Å². The molecule has 1 atom stereocenters. The second-order valence-electron chi connectivity index (χ2n) is 6.06. The normalized spacial score (nSPS) is 13.2. The first kappa shape index (κ1) is 17.0. The molecule has 0 amide bonds. The Hall–Kier alpha value is -2.33. The number of guanidine groups is 1. The van der Waals surface area contributed by atoms with E-state index in [0.717, 1.165) is 16.8 Å². The van der Waals surface area contributed by atoms with E-state index in [2.05, 4.69) is 36.3 Å². The Morgan fingerprint density at radius 2 is 1.83 bits per heavy atom. The van der Waals surface area contributed by atoms with Gasteiger partial charge in [0.25, 0.3) is 0 Å². The number of nitrogens with zero attached hydrogens (tertiary/aromatic N) is 1. The molecule has 0 saturated heterocycles. The molecular weight excluding hydrogens is 286 g/mol. The summed E-state index contributed by atoms with van der Waals surface area (Å²) in [5.74, 6) is 0.760. The number of hydrogen-bond acceptors (Lipinski definition) is 2. The SMILES string of the molecule is Cc1ccc(C(O)CN=C(N)Nc2cccc(C(C)C)c2)cc1. The Labute approximate surface area is 138 Å². The van der Waals surface area contributed by atoms with Gasteiger partial charge in [0.05, 0.1) is 12.6 Å². The van der Waals surface area contributed by atoms with Crippen molar-refractivity contribution in [3.63, 3.8) is 0 Å². The van der Waals surface area contributed by atoms with Crippen LogP contribution in [0.25, 0.3) is 0 Å². The lowest BCUT2D eigenvalue weighted by molar-refractivity contribution is 0.187. The Bertz CT molecular complexity index is 663. The number of aliphatic imine (C=N–C) groups is 1.